The van der Waals surface area contributed by atoms with E-state index in [-0.39, 0.29) is 68.3 Å². The molecule has 0 unspecified atom stereocenters. The van der Waals surface area contributed by atoms with Crippen molar-refractivity contribution in [2.75, 3.05) is 39.5 Å². The Balaban J connectivity index is 1.02. The zero-order valence-corrected chi connectivity index (χ0v) is 30.4. The summed E-state index contributed by atoms with van der Waals surface area (Å²) in [5.74, 6) is 0.118. The number of alkyl carbamates (subject to hydrolysis) is 1. The first-order chi connectivity index (χ1) is 25.5. The number of amides is 1. The van der Waals surface area contributed by atoms with Crippen molar-refractivity contribution in [1.29, 1.82) is 0 Å². The summed E-state index contributed by atoms with van der Waals surface area (Å²) in [6.07, 6.45) is -2.93. The van der Waals surface area contributed by atoms with Crippen LogP contribution >= 0.6 is 0 Å². The Morgan fingerprint density at radius 3 is 2.32 bits per heavy atom. The monoisotopic (exact) mass is 758 g/mol. The van der Waals surface area contributed by atoms with E-state index in [2.05, 4.69) is 15.3 Å². The molecule has 3 aromatic rings. The number of aromatic amines is 1. The van der Waals surface area contributed by atoms with Crippen LogP contribution in [0.3, 0.4) is 0 Å². The van der Waals surface area contributed by atoms with E-state index in [1.807, 2.05) is 44.2 Å². The minimum absolute atomic E-state index is 0.0236. The van der Waals surface area contributed by atoms with Gasteiger partial charge in [-0.05, 0) is 48.9 Å². The maximum atomic E-state index is 14.2. The van der Waals surface area contributed by atoms with E-state index in [1.54, 1.807) is 6.07 Å². The largest absolute Gasteiger partial charge is 0.509 e. The van der Waals surface area contributed by atoms with Gasteiger partial charge in [0, 0.05) is 13.1 Å². The number of benzene rings is 2. The van der Waals surface area contributed by atoms with Crippen LogP contribution in [-0.2, 0) is 56.2 Å². The lowest BCUT2D eigenvalue weighted by Crippen LogP contribution is -2.51. The lowest BCUT2D eigenvalue weighted by atomic mass is 10.0. The molecule has 2 aromatic carbocycles. The Bertz CT molecular complexity index is 1840. The van der Waals surface area contributed by atoms with Gasteiger partial charge in [0.15, 0.2) is 19.2 Å². The van der Waals surface area contributed by atoms with E-state index >= 15 is 0 Å². The van der Waals surface area contributed by atoms with Crippen LogP contribution in [-0.4, -0.2) is 116 Å². The third-order valence-corrected chi connectivity index (χ3v) is 11.8. The molecule has 4 fully saturated rings. The Hall–Kier alpha value is -3.84. The van der Waals surface area contributed by atoms with Crippen molar-refractivity contribution in [3.63, 3.8) is 0 Å². The number of carbonyl (C=O) groups excluding carboxylic acids is 2. The average Bonchev–Trinajstić information content (AvgIpc) is 3.96. The summed E-state index contributed by atoms with van der Waals surface area (Å²) >= 11 is 0. The van der Waals surface area contributed by atoms with Gasteiger partial charge in [0.1, 0.15) is 18.0 Å². The molecule has 0 bridgehead atoms. The minimum Gasteiger partial charge on any atom is -0.443 e. The number of nitrogens with one attached hydrogen (secondary N) is 2. The average molecular weight is 759 g/mol. The van der Waals surface area contributed by atoms with Crippen molar-refractivity contribution in [2.24, 2.45) is 17.8 Å². The van der Waals surface area contributed by atoms with Gasteiger partial charge in [0.05, 0.1) is 66.3 Å². The van der Waals surface area contributed by atoms with Gasteiger partial charge in [0.2, 0.25) is 10.0 Å². The molecule has 0 aliphatic carbocycles. The Kier molecular flexibility index (Phi) is 11.5. The van der Waals surface area contributed by atoms with E-state index in [1.165, 1.54) is 16.4 Å². The van der Waals surface area contributed by atoms with Crippen molar-refractivity contribution < 1.29 is 56.3 Å². The van der Waals surface area contributed by atoms with Crippen molar-refractivity contribution in [3.8, 4) is 0 Å². The number of aliphatic hydroxyl groups is 1. The normalized spacial score (nSPS) is 26.4. The number of nitrogens with zero attached hydrogens (tertiary/aromatic N) is 2. The molecule has 3 N–H and O–H groups in total. The van der Waals surface area contributed by atoms with Crippen LogP contribution in [0.1, 0.15) is 38.1 Å². The smallest absolute Gasteiger partial charge is 0.443 e. The molecule has 5 heterocycles. The van der Waals surface area contributed by atoms with E-state index in [0.717, 1.165) is 12.0 Å². The number of rotatable bonds is 14. The van der Waals surface area contributed by atoms with Gasteiger partial charge < -0.3 is 48.6 Å². The van der Waals surface area contributed by atoms with Crippen LogP contribution in [0.4, 0.5) is 9.59 Å². The number of hydrogen-bond acceptors (Lipinski definition) is 13. The Morgan fingerprint density at radius 2 is 1.64 bits per heavy atom. The second kappa shape index (κ2) is 16.3. The van der Waals surface area contributed by atoms with Gasteiger partial charge in [0.25, 0.3) is 0 Å². The summed E-state index contributed by atoms with van der Waals surface area (Å²) in [6, 6.07) is 12.9. The fourth-order valence-corrected chi connectivity index (χ4v) is 8.94. The molecule has 4 saturated heterocycles. The summed E-state index contributed by atoms with van der Waals surface area (Å²) in [7, 11) is -4.16. The Labute approximate surface area is 307 Å². The molecule has 8 atom stereocenters. The molecular weight excluding hydrogens is 712 g/mol. The van der Waals surface area contributed by atoms with Gasteiger partial charge in [-0.2, -0.15) is 4.31 Å². The van der Waals surface area contributed by atoms with Crippen LogP contribution in [0.15, 0.2) is 53.4 Å². The van der Waals surface area contributed by atoms with Crippen LogP contribution in [0.5, 0.6) is 0 Å². The quantitative estimate of drug-likeness (QED) is 0.203. The molecule has 1 aromatic heterocycles. The van der Waals surface area contributed by atoms with Crippen molar-refractivity contribution >= 4 is 33.3 Å². The molecule has 4 aliphatic heterocycles. The van der Waals surface area contributed by atoms with Crippen molar-refractivity contribution in [3.05, 3.63) is 59.9 Å². The minimum atomic E-state index is -4.16. The zero-order chi connectivity index (χ0) is 37.1. The van der Waals surface area contributed by atoms with Gasteiger partial charge in [-0.1, -0.05) is 44.2 Å². The molecule has 0 saturated carbocycles. The zero-order valence-electron chi connectivity index (χ0n) is 29.6. The molecule has 288 valence electrons. The van der Waals surface area contributed by atoms with E-state index in [9.17, 15) is 23.1 Å². The number of H-pyrrole nitrogens is 1. The lowest BCUT2D eigenvalue weighted by Gasteiger charge is -2.31. The summed E-state index contributed by atoms with van der Waals surface area (Å²) < 4.78 is 68.1. The van der Waals surface area contributed by atoms with Crippen LogP contribution in [0, 0.1) is 17.8 Å². The van der Waals surface area contributed by atoms with Gasteiger partial charge in [-0.3, -0.25) is 0 Å². The standard InChI is InChI=1S/C36H46N4O12S/c1-21(2)16-40(17-29(41)28(14-22-6-4-3-5-7-22)39-35(42)51-30-18-48-33-24(30)10-12-46-33)53(44,45)23-8-9-26-27(15-23)38-32(37-26)20-50-36(43)52-31-19-49-34-25(31)11-13-47-34/h3-9,15,21,24-25,28-31,33-34,41H,10-14,16-20H2,1-2H3,(H,37,38)(H,39,42)/t24-,25-,28-,29+,30-,31-,33+,34+/m0/s1. The number of sulfonamides is 1. The summed E-state index contributed by atoms with van der Waals surface area (Å²) in [5, 5.41) is 14.4. The fourth-order valence-electron chi connectivity index (χ4n) is 7.29. The van der Waals surface area contributed by atoms with Crippen molar-refractivity contribution in [1.82, 2.24) is 19.6 Å². The van der Waals surface area contributed by atoms with Gasteiger partial charge >= 0.3 is 12.2 Å². The summed E-state index contributed by atoms with van der Waals surface area (Å²) in [6.45, 7) is 4.87. The third-order valence-electron chi connectivity index (χ3n) is 9.97. The molecule has 53 heavy (non-hydrogen) atoms. The fraction of sp³-hybridized carbons (Fsp3) is 0.583. The third kappa shape index (κ3) is 8.77. The summed E-state index contributed by atoms with van der Waals surface area (Å²) in [4.78, 5) is 33.0. The first-order valence-electron chi connectivity index (χ1n) is 18.0. The predicted molar refractivity (Wildman–Crippen MR) is 186 cm³/mol. The SMILES string of the molecule is CC(C)CN(C[C@@H](O)[C@H](Cc1ccccc1)NC(=O)O[C@H]1CO[C@H]2OCC[C@H]21)S(=O)(=O)c1ccc2nc(COC(=O)O[C@H]3CO[C@H]4OCC[C@H]43)[nH]c2c1. The highest BCUT2D eigenvalue weighted by atomic mass is 32.2. The number of ether oxygens (including phenoxy) is 7. The number of hydrogen-bond donors (Lipinski definition) is 3. The molecule has 0 spiro atoms. The number of carbonyl (C=O) groups is 2. The van der Waals surface area contributed by atoms with Gasteiger partial charge in [-0.15, -0.1) is 0 Å². The first-order valence-corrected chi connectivity index (χ1v) is 19.4. The Morgan fingerprint density at radius 1 is 0.962 bits per heavy atom. The molecule has 1 amide bonds. The first kappa shape index (κ1) is 37.5. The van der Waals surface area contributed by atoms with Crippen LogP contribution in [0.2, 0.25) is 0 Å². The number of aliphatic hydroxyl groups excluding tert-OH is 1. The van der Waals surface area contributed by atoms with E-state index < -0.39 is 52.9 Å². The second-order valence-electron chi connectivity index (χ2n) is 14.3. The number of fused-ring (bicyclic) bond motifs is 3. The maximum absolute atomic E-state index is 14.2. The highest BCUT2D eigenvalue weighted by molar-refractivity contribution is 7.89. The molecule has 0 radical (unpaired) electrons. The number of imidazole rings is 1. The number of aromatic nitrogens is 2. The maximum Gasteiger partial charge on any atom is 0.509 e. The highest BCUT2D eigenvalue weighted by Crippen LogP contribution is 2.34. The van der Waals surface area contributed by atoms with Crippen LogP contribution < -0.4 is 5.32 Å². The molecule has 17 heteroatoms. The lowest BCUT2D eigenvalue weighted by molar-refractivity contribution is -0.0909. The van der Waals surface area contributed by atoms with Gasteiger partial charge in [-0.25, -0.2) is 23.0 Å². The van der Waals surface area contributed by atoms with Crippen molar-refractivity contribution in [2.45, 2.75) is 81.5 Å². The topological polar surface area (TPSA) is 197 Å². The second-order valence-corrected chi connectivity index (χ2v) is 16.2. The molecule has 4 aliphatic rings. The van der Waals surface area contributed by atoms with E-state index in [0.29, 0.717) is 36.5 Å². The predicted octanol–water partition coefficient (Wildman–Crippen LogP) is 3.08. The molecule has 16 nitrogen and oxygen atoms in total. The van der Waals surface area contributed by atoms with Crippen LogP contribution in [0.25, 0.3) is 11.0 Å². The molecular formula is C36H46N4O12S. The van der Waals surface area contributed by atoms with E-state index in [4.69, 9.17) is 33.2 Å². The highest BCUT2D eigenvalue weighted by Gasteiger charge is 2.45. The molecule has 7 rings (SSSR count). The summed E-state index contributed by atoms with van der Waals surface area (Å²) in [5.41, 5.74) is 1.72.